The standard InChI is InChI=1S/C11H15ClNO/c1-11(2,14)8-13(3)10-6-4-9(12)5-7-10/h4-7,14H,1,8H2,2-3H3/t11-/m0/s1. The Morgan fingerprint density at radius 2 is 1.93 bits per heavy atom. The minimum Gasteiger partial charge on any atom is -0.388 e. The van der Waals surface area contributed by atoms with E-state index in [4.69, 9.17) is 11.6 Å². The second-order valence-corrected chi connectivity index (χ2v) is 4.27. The van der Waals surface area contributed by atoms with Crippen LogP contribution in [0.3, 0.4) is 0 Å². The van der Waals surface area contributed by atoms with Gasteiger partial charge in [0.2, 0.25) is 0 Å². The van der Waals surface area contributed by atoms with Gasteiger partial charge in [0.25, 0.3) is 0 Å². The lowest BCUT2D eigenvalue weighted by atomic mass is 10.1. The predicted octanol–water partition coefficient (Wildman–Crippen LogP) is 2.36. The molecule has 0 heterocycles. The smallest absolute Gasteiger partial charge is 0.0794 e. The van der Waals surface area contributed by atoms with E-state index in [0.29, 0.717) is 11.6 Å². The highest BCUT2D eigenvalue weighted by Gasteiger charge is 2.15. The Hall–Kier alpha value is -0.730. The molecule has 0 saturated heterocycles. The number of hydrogen-bond donors (Lipinski definition) is 1. The Balaban J connectivity index is 2.70. The van der Waals surface area contributed by atoms with Gasteiger partial charge in [-0.3, -0.25) is 0 Å². The molecule has 0 aliphatic carbocycles. The number of anilines is 1. The van der Waals surface area contributed by atoms with Crippen molar-refractivity contribution in [2.45, 2.75) is 12.5 Å². The van der Waals surface area contributed by atoms with Crippen molar-refractivity contribution >= 4 is 17.3 Å². The van der Waals surface area contributed by atoms with Crippen LogP contribution in [0.1, 0.15) is 6.92 Å². The summed E-state index contributed by atoms with van der Waals surface area (Å²) >= 11 is 5.77. The van der Waals surface area contributed by atoms with Crippen LogP contribution >= 0.6 is 11.6 Å². The molecule has 0 unspecified atom stereocenters. The van der Waals surface area contributed by atoms with Crippen LogP contribution in [0.15, 0.2) is 24.3 Å². The van der Waals surface area contributed by atoms with Gasteiger partial charge in [-0.2, -0.15) is 0 Å². The highest BCUT2D eigenvalue weighted by Crippen LogP contribution is 2.18. The molecule has 0 aliphatic heterocycles. The Morgan fingerprint density at radius 1 is 1.43 bits per heavy atom. The second kappa shape index (κ2) is 4.20. The zero-order valence-electron chi connectivity index (χ0n) is 8.50. The third-order valence-corrected chi connectivity index (χ3v) is 2.10. The normalized spacial score (nSPS) is 11.5. The van der Waals surface area contributed by atoms with E-state index in [0.717, 1.165) is 5.69 Å². The fourth-order valence-corrected chi connectivity index (χ4v) is 1.42. The van der Waals surface area contributed by atoms with Crippen LogP contribution in [0.2, 0.25) is 5.02 Å². The molecule has 1 rings (SSSR count). The van der Waals surface area contributed by atoms with Gasteiger partial charge >= 0.3 is 0 Å². The average Bonchev–Trinajstić information content (AvgIpc) is 2.02. The van der Waals surface area contributed by atoms with Gasteiger partial charge in [0.1, 0.15) is 0 Å². The van der Waals surface area contributed by atoms with Gasteiger partial charge in [-0.25, -0.2) is 0 Å². The van der Waals surface area contributed by atoms with Gasteiger partial charge in [0.15, 0.2) is 0 Å². The third kappa shape index (κ3) is 3.56. The number of halogens is 1. The van der Waals surface area contributed by atoms with Crippen molar-refractivity contribution in [2.75, 3.05) is 18.5 Å². The van der Waals surface area contributed by atoms with Crippen LogP contribution in [0.4, 0.5) is 5.69 Å². The first kappa shape index (κ1) is 11.3. The molecule has 14 heavy (non-hydrogen) atoms. The van der Waals surface area contributed by atoms with Crippen molar-refractivity contribution in [2.24, 2.45) is 0 Å². The summed E-state index contributed by atoms with van der Waals surface area (Å²) in [5, 5.41) is 10.2. The Labute approximate surface area is 90.1 Å². The summed E-state index contributed by atoms with van der Waals surface area (Å²) in [5.41, 5.74) is 0.0762. The minimum absolute atomic E-state index is 0.481. The van der Waals surface area contributed by atoms with E-state index in [2.05, 4.69) is 6.92 Å². The van der Waals surface area contributed by atoms with Gasteiger partial charge in [0, 0.05) is 24.3 Å². The molecule has 0 saturated carbocycles. The van der Waals surface area contributed by atoms with Crippen molar-refractivity contribution in [1.29, 1.82) is 0 Å². The Kier molecular flexibility index (Phi) is 3.40. The van der Waals surface area contributed by atoms with Gasteiger partial charge in [-0.05, 0) is 38.1 Å². The Bertz CT molecular complexity index is 289. The average molecular weight is 213 g/mol. The number of nitrogens with zero attached hydrogens (tertiary/aromatic N) is 1. The van der Waals surface area contributed by atoms with E-state index in [1.165, 1.54) is 0 Å². The molecule has 0 spiro atoms. The molecule has 0 bridgehead atoms. The van der Waals surface area contributed by atoms with E-state index in [-0.39, 0.29) is 0 Å². The van der Waals surface area contributed by atoms with Crippen molar-refractivity contribution in [3.8, 4) is 0 Å². The molecule has 3 heteroatoms. The van der Waals surface area contributed by atoms with Crippen molar-refractivity contribution in [1.82, 2.24) is 0 Å². The van der Waals surface area contributed by atoms with Crippen molar-refractivity contribution in [3.05, 3.63) is 36.2 Å². The Morgan fingerprint density at radius 3 is 2.36 bits per heavy atom. The monoisotopic (exact) mass is 212 g/mol. The first-order valence-electron chi connectivity index (χ1n) is 4.43. The van der Waals surface area contributed by atoms with E-state index < -0.39 is 5.60 Å². The lowest BCUT2D eigenvalue weighted by Crippen LogP contribution is -2.36. The number of aliphatic hydroxyl groups is 1. The molecule has 1 radical (unpaired) electrons. The van der Waals surface area contributed by atoms with Crippen LogP contribution in [0, 0.1) is 6.92 Å². The first-order chi connectivity index (χ1) is 6.38. The zero-order chi connectivity index (χ0) is 10.8. The summed E-state index contributed by atoms with van der Waals surface area (Å²) in [5.74, 6) is 0. The first-order valence-corrected chi connectivity index (χ1v) is 4.81. The van der Waals surface area contributed by atoms with Gasteiger partial charge < -0.3 is 10.0 Å². The largest absolute Gasteiger partial charge is 0.388 e. The van der Waals surface area contributed by atoms with E-state index in [1.807, 2.05) is 36.2 Å². The number of likely N-dealkylation sites (N-methyl/N-ethyl adjacent to an activating group) is 1. The van der Waals surface area contributed by atoms with Crippen LogP contribution < -0.4 is 4.90 Å². The number of hydrogen-bond acceptors (Lipinski definition) is 2. The molecular weight excluding hydrogens is 198 g/mol. The molecule has 0 amide bonds. The maximum atomic E-state index is 9.53. The maximum Gasteiger partial charge on any atom is 0.0794 e. The summed E-state index contributed by atoms with van der Waals surface area (Å²) in [4.78, 5) is 1.93. The number of benzene rings is 1. The second-order valence-electron chi connectivity index (χ2n) is 3.83. The number of rotatable bonds is 3. The SMILES string of the molecule is [CH2][C@@](C)(O)CN(C)c1ccc(Cl)cc1. The lowest BCUT2D eigenvalue weighted by molar-refractivity contribution is 0.117. The van der Waals surface area contributed by atoms with Gasteiger partial charge in [-0.1, -0.05) is 11.6 Å². The zero-order valence-corrected chi connectivity index (χ0v) is 9.25. The van der Waals surface area contributed by atoms with Crippen LogP contribution in [0.25, 0.3) is 0 Å². The molecule has 0 fully saturated rings. The van der Waals surface area contributed by atoms with Crippen molar-refractivity contribution < 1.29 is 5.11 Å². The molecule has 0 aromatic heterocycles. The molecular formula is C11H15ClNO. The third-order valence-electron chi connectivity index (χ3n) is 1.85. The molecule has 2 nitrogen and oxygen atoms in total. The topological polar surface area (TPSA) is 23.5 Å². The fourth-order valence-electron chi connectivity index (χ4n) is 1.30. The van der Waals surface area contributed by atoms with Gasteiger partial charge in [0.05, 0.1) is 5.60 Å². The minimum atomic E-state index is -0.936. The molecule has 1 N–H and O–H groups in total. The maximum absolute atomic E-state index is 9.53. The van der Waals surface area contributed by atoms with Crippen LogP contribution in [-0.4, -0.2) is 24.3 Å². The summed E-state index contributed by atoms with van der Waals surface area (Å²) < 4.78 is 0. The van der Waals surface area contributed by atoms with Crippen LogP contribution in [0.5, 0.6) is 0 Å². The quantitative estimate of drug-likeness (QED) is 0.832. The molecule has 0 aliphatic rings. The lowest BCUT2D eigenvalue weighted by Gasteiger charge is -2.27. The van der Waals surface area contributed by atoms with Crippen LogP contribution in [-0.2, 0) is 0 Å². The van der Waals surface area contributed by atoms with Gasteiger partial charge in [-0.15, -0.1) is 0 Å². The van der Waals surface area contributed by atoms with Crippen molar-refractivity contribution in [3.63, 3.8) is 0 Å². The molecule has 1 atom stereocenters. The van der Waals surface area contributed by atoms with E-state index in [1.54, 1.807) is 6.92 Å². The molecule has 1 aromatic rings. The molecule has 1 aromatic carbocycles. The summed E-state index contributed by atoms with van der Waals surface area (Å²) in [6.45, 7) is 5.80. The highest BCUT2D eigenvalue weighted by atomic mass is 35.5. The highest BCUT2D eigenvalue weighted by molar-refractivity contribution is 6.30. The van der Waals surface area contributed by atoms with E-state index in [9.17, 15) is 5.11 Å². The predicted molar refractivity (Wildman–Crippen MR) is 60.7 cm³/mol. The van der Waals surface area contributed by atoms with E-state index >= 15 is 0 Å². The molecule has 77 valence electrons. The summed E-state index contributed by atoms with van der Waals surface area (Å²) in [7, 11) is 1.91. The fraction of sp³-hybridized carbons (Fsp3) is 0.364. The summed E-state index contributed by atoms with van der Waals surface area (Å²) in [6.07, 6.45) is 0. The summed E-state index contributed by atoms with van der Waals surface area (Å²) in [6, 6.07) is 7.47.